The maximum absolute atomic E-state index is 10.7. The first kappa shape index (κ1) is 19.1. The second-order valence-electron chi connectivity index (χ2n) is 4.30. The molecule has 0 aliphatic heterocycles. The van der Waals surface area contributed by atoms with Crippen LogP contribution in [0.2, 0.25) is 10.0 Å². The van der Waals surface area contributed by atoms with Gasteiger partial charge in [-0.25, -0.2) is 4.98 Å². The minimum atomic E-state index is -0.689. The molecule has 0 spiro atoms. The van der Waals surface area contributed by atoms with Crippen LogP contribution in [0.5, 0.6) is 11.5 Å². The summed E-state index contributed by atoms with van der Waals surface area (Å²) >= 11 is 12.1. The lowest BCUT2D eigenvalue weighted by atomic mass is 10.0. The van der Waals surface area contributed by atoms with E-state index in [0.717, 1.165) is 0 Å². The average molecular weight is 359 g/mol. The lowest BCUT2D eigenvalue weighted by Gasteiger charge is -2.17. The summed E-state index contributed by atoms with van der Waals surface area (Å²) < 4.78 is 5.04. The number of nitrogens with one attached hydrogen (secondary N) is 1. The van der Waals surface area contributed by atoms with Crippen molar-refractivity contribution in [3.63, 3.8) is 0 Å². The molecule has 0 radical (unpaired) electrons. The molecule has 3 N–H and O–H groups in total. The molecule has 0 amide bonds. The minimum Gasteiger partial charge on any atom is -0.504 e. The Kier molecular flexibility index (Phi) is 7.65. The van der Waals surface area contributed by atoms with Gasteiger partial charge in [-0.05, 0) is 17.7 Å². The van der Waals surface area contributed by atoms with Crippen LogP contribution in [0.3, 0.4) is 0 Å². The van der Waals surface area contributed by atoms with Gasteiger partial charge in [0.15, 0.2) is 23.9 Å². The van der Waals surface area contributed by atoms with E-state index < -0.39 is 6.10 Å². The van der Waals surface area contributed by atoms with Crippen LogP contribution >= 0.6 is 23.2 Å². The fraction of sp³-hybridized carbons (Fsp3) is 0.250. The maximum atomic E-state index is 10.7. The van der Waals surface area contributed by atoms with E-state index in [1.54, 1.807) is 18.5 Å². The molecule has 1 atom stereocenters. The Labute approximate surface area is 144 Å². The molecule has 0 aliphatic rings. The van der Waals surface area contributed by atoms with E-state index in [1.807, 2.05) is 13.8 Å². The van der Waals surface area contributed by atoms with E-state index in [2.05, 4.69) is 4.98 Å². The van der Waals surface area contributed by atoms with Crippen LogP contribution in [0.4, 0.5) is 0 Å². The number of aromatic amines is 1. The Morgan fingerprint density at radius 3 is 2.30 bits per heavy atom. The van der Waals surface area contributed by atoms with Crippen LogP contribution in [0, 0.1) is 0 Å². The molecular weight excluding hydrogens is 341 g/mol. The summed E-state index contributed by atoms with van der Waals surface area (Å²) in [4.78, 5) is 13.5. The molecule has 124 valence electrons. The molecule has 23 heavy (non-hydrogen) atoms. The highest BCUT2D eigenvalue weighted by molar-refractivity contribution is 6.35. The first-order valence-electron chi connectivity index (χ1n) is 6.98. The van der Waals surface area contributed by atoms with Crippen molar-refractivity contribution in [1.29, 1.82) is 0 Å². The number of hydrogen-bond acceptors (Lipinski definition) is 4. The van der Waals surface area contributed by atoms with Crippen molar-refractivity contribution in [3.05, 3.63) is 51.8 Å². The zero-order valence-electron chi connectivity index (χ0n) is 12.7. The second kappa shape index (κ2) is 9.22. The van der Waals surface area contributed by atoms with Crippen molar-refractivity contribution in [2.45, 2.75) is 26.4 Å². The van der Waals surface area contributed by atoms with Gasteiger partial charge >= 0.3 is 0 Å². The molecule has 2 aromatic rings. The minimum absolute atomic E-state index is 0.231. The first-order chi connectivity index (χ1) is 11.0. The molecule has 0 saturated carbocycles. The maximum Gasteiger partial charge on any atom is 0.293 e. The van der Waals surface area contributed by atoms with Gasteiger partial charge in [-0.3, -0.25) is 4.79 Å². The van der Waals surface area contributed by atoms with Gasteiger partial charge in [0, 0.05) is 12.0 Å². The van der Waals surface area contributed by atoms with Crippen molar-refractivity contribution in [2.75, 3.05) is 0 Å². The molecule has 0 saturated heterocycles. The molecule has 1 aromatic carbocycles. The van der Waals surface area contributed by atoms with E-state index in [0.29, 0.717) is 27.6 Å². The van der Waals surface area contributed by atoms with Gasteiger partial charge in [-0.1, -0.05) is 43.1 Å². The lowest BCUT2D eigenvalue weighted by Crippen LogP contribution is -2.10. The second-order valence-corrected chi connectivity index (χ2v) is 5.12. The third-order valence-corrected chi connectivity index (χ3v) is 3.65. The van der Waals surface area contributed by atoms with Crippen LogP contribution < -0.4 is 4.98 Å². The molecule has 5 nitrogen and oxygen atoms in total. The van der Waals surface area contributed by atoms with Crippen molar-refractivity contribution < 1.29 is 24.7 Å². The Morgan fingerprint density at radius 1 is 1.17 bits per heavy atom. The highest BCUT2D eigenvalue weighted by atomic mass is 35.5. The van der Waals surface area contributed by atoms with Crippen LogP contribution in [0.1, 0.15) is 31.1 Å². The van der Waals surface area contributed by atoms with E-state index in [-0.39, 0.29) is 17.9 Å². The number of benzene rings is 1. The van der Waals surface area contributed by atoms with Crippen molar-refractivity contribution >= 4 is 29.7 Å². The van der Waals surface area contributed by atoms with Crippen LogP contribution in [0.25, 0.3) is 0 Å². The number of phenolic OH excluding ortho intramolecular Hbond substituents is 2. The summed E-state index contributed by atoms with van der Waals surface area (Å²) in [6.45, 7) is 4.31. The van der Waals surface area contributed by atoms with E-state index in [1.165, 1.54) is 12.1 Å². The van der Waals surface area contributed by atoms with Gasteiger partial charge in [-0.15, -0.1) is 0 Å². The fourth-order valence-corrected chi connectivity index (χ4v) is 2.44. The Morgan fingerprint density at radius 2 is 1.78 bits per heavy atom. The summed E-state index contributed by atoms with van der Waals surface area (Å²) in [5.74, 6) is -0.556. The molecule has 1 heterocycles. The Hall–Kier alpha value is -1.98. The normalized spacial score (nSPS) is 11.1. The zero-order valence-corrected chi connectivity index (χ0v) is 14.2. The number of rotatable bonds is 5. The van der Waals surface area contributed by atoms with Gasteiger partial charge in [0.25, 0.3) is 6.47 Å². The highest BCUT2D eigenvalue weighted by Crippen LogP contribution is 2.33. The van der Waals surface area contributed by atoms with Gasteiger partial charge < -0.3 is 14.9 Å². The fourth-order valence-electron chi connectivity index (χ4n) is 1.91. The van der Waals surface area contributed by atoms with Crippen molar-refractivity contribution in [1.82, 2.24) is 0 Å². The Balaban J connectivity index is 0.00000127. The monoisotopic (exact) mass is 358 g/mol. The van der Waals surface area contributed by atoms with Crippen molar-refractivity contribution in [3.8, 4) is 11.5 Å². The molecule has 0 aliphatic carbocycles. The molecule has 1 unspecified atom stereocenters. The number of hydrogen-bond donors (Lipinski definition) is 2. The molecule has 0 fully saturated rings. The topological polar surface area (TPSA) is 80.9 Å². The number of H-pyrrole nitrogens is 1. The number of aromatic nitrogens is 1. The van der Waals surface area contributed by atoms with E-state index >= 15 is 0 Å². The summed E-state index contributed by atoms with van der Waals surface area (Å²) in [7, 11) is 0. The molecular formula is C16H18Cl2NO4+. The highest BCUT2D eigenvalue weighted by Gasteiger charge is 2.20. The van der Waals surface area contributed by atoms with Gasteiger partial charge in [0.2, 0.25) is 0 Å². The number of carbonyl (C=O) groups excluding carboxylic acids is 1. The molecule has 7 heteroatoms. The number of phenols is 2. The summed E-state index contributed by atoms with van der Waals surface area (Å²) in [6, 6.07) is 4.17. The SMILES string of the molecule is CC.O=COC(Cc1c(Cl)c[nH+]cc1Cl)c1ccc(O)c(O)c1. The van der Waals surface area contributed by atoms with Crippen molar-refractivity contribution in [2.24, 2.45) is 0 Å². The lowest BCUT2D eigenvalue weighted by molar-refractivity contribution is -0.377. The predicted molar refractivity (Wildman–Crippen MR) is 87.7 cm³/mol. The number of pyridine rings is 1. The summed E-state index contributed by atoms with van der Waals surface area (Å²) in [5.41, 5.74) is 1.12. The van der Waals surface area contributed by atoms with E-state index in [4.69, 9.17) is 27.9 Å². The van der Waals surface area contributed by atoms with Crippen LogP contribution in [-0.2, 0) is 16.0 Å². The predicted octanol–water partition coefficient (Wildman–Crippen LogP) is 3.70. The zero-order chi connectivity index (χ0) is 17.4. The van der Waals surface area contributed by atoms with Gasteiger partial charge in [-0.2, -0.15) is 0 Å². The summed E-state index contributed by atoms with van der Waals surface area (Å²) in [6.07, 6.45) is 2.67. The first-order valence-corrected chi connectivity index (χ1v) is 7.73. The molecule has 0 bridgehead atoms. The van der Waals surface area contributed by atoms with E-state index in [9.17, 15) is 15.0 Å². The quantitative estimate of drug-likeness (QED) is 0.630. The van der Waals surface area contributed by atoms with Crippen LogP contribution in [0.15, 0.2) is 30.6 Å². The average Bonchev–Trinajstić information content (AvgIpc) is 2.54. The Bertz CT molecular complexity index is 644. The third-order valence-electron chi connectivity index (χ3n) is 2.98. The van der Waals surface area contributed by atoms with Gasteiger partial charge in [0.1, 0.15) is 16.1 Å². The smallest absolute Gasteiger partial charge is 0.293 e. The summed E-state index contributed by atoms with van der Waals surface area (Å²) in [5, 5.41) is 19.7. The number of aromatic hydroxyl groups is 2. The number of ether oxygens (including phenoxy) is 1. The molecule has 1 aromatic heterocycles. The molecule has 2 rings (SSSR count). The number of halogens is 2. The van der Waals surface area contributed by atoms with Gasteiger partial charge in [0.05, 0.1) is 0 Å². The third kappa shape index (κ3) is 5.01. The largest absolute Gasteiger partial charge is 0.504 e. The van der Waals surface area contributed by atoms with Crippen LogP contribution in [-0.4, -0.2) is 16.7 Å². The number of carbonyl (C=O) groups is 1. The standard InChI is InChI=1S/C14H11Cl2NO4.C2H6/c15-10-5-17-6-11(16)9(10)4-14(21-7-18)8-1-2-12(19)13(20)3-8;1-2/h1-3,5-7,14,19-20H,4H2;1-2H3/p+1.